The minimum absolute atomic E-state index is 0.0735. The summed E-state index contributed by atoms with van der Waals surface area (Å²) in [5.74, 6) is -1.98. The van der Waals surface area contributed by atoms with Crippen LogP contribution in [0.1, 0.15) is 53.3 Å². The molecular formula is C26H26ClN3O5. The molecule has 1 N–H and O–H groups in total. The molecule has 9 heteroatoms. The highest BCUT2D eigenvalue weighted by molar-refractivity contribution is 6.53. The molecule has 0 spiro atoms. The summed E-state index contributed by atoms with van der Waals surface area (Å²) in [7, 11) is 0. The number of anilines is 2. The van der Waals surface area contributed by atoms with Gasteiger partial charge in [-0.2, -0.15) is 0 Å². The Morgan fingerprint density at radius 3 is 2.43 bits per heavy atom. The Bertz CT molecular complexity index is 1200. The zero-order chi connectivity index (χ0) is 24.9. The number of nitrogens with one attached hydrogen (secondary N) is 1. The molecule has 0 aromatic heterocycles. The maximum atomic E-state index is 13.2. The average molecular weight is 496 g/mol. The molecule has 2 heterocycles. The van der Waals surface area contributed by atoms with Crippen molar-refractivity contribution in [2.45, 2.75) is 32.6 Å². The van der Waals surface area contributed by atoms with Crippen LogP contribution in [0, 0.1) is 0 Å². The van der Waals surface area contributed by atoms with Crippen molar-refractivity contribution in [3.8, 4) is 0 Å². The predicted molar refractivity (Wildman–Crippen MR) is 132 cm³/mol. The van der Waals surface area contributed by atoms with Gasteiger partial charge >= 0.3 is 5.97 Å². The van der Waals surface area contributed by atoms with Gasteiger partial charge in [0.1, 0.15) is 10.7 Å². The number of nitrogens with zero attached hydrogens (tertiary/aromatic N) is 2. The predicted octanol–water partition coefficient (Wildman–Crippen LogP) is 4.32. The second-order valence-corrected chi connectivity index (χ2v) is 8.76. The number of rotatable bonds is 7. The van der Waals surface area contributed by atoms with Crippen molar-refractivity contribution >= 4 is 46.7 Å². The molecule has 35 heavy (non-hydrogen) atoms. The Hall–Kier alpha value is -3.65. The van der Waals surface area contributed by atoms with Crippen LogP contribution < -0.4 is 10.2 Å². The summed E-state index contributed by atoms with van der Waals surface area (Å²) in [5.41, 5.74) is 1.27. The van der Waals surface area contributed by atoms with E-state index >= 15 is 0 Å². The van der Waals surface area contributed by atoms with Gasteiger partial charge in [-0.25, -0.2) is 9.69 Å². The topological polar surface area (TPSA) is 96.0 Å². The number of hydrogen-bond acceptors (Lipinski definition) is 6. The molecule has 0 radical (unpaired) electrons. The van der Waals surface area contributed by atoms with Gasteiger partial charge in [0.25, 0.3) is 17.7 Å². The molecule has 0 aliphatic carbocycles. The van der Waals surface area contributed by atoms with Crippen molar-refractivity contribution in [2.24, 2.45) is 0 Å². The molecule has 0 bridgehead atoms. The van der Waals surface area contributed by atoms with E-state index < -0.39 is 17.8 Å². The lowest BCUT2D eigenvalue weighted by molar-refractivity contribution is -0.120. The fourth-order valence-electron chi connectivity index (χ4n) is 4.05. The molecule has 8 nitrogen and oxygen atoms in total. The minimum atomic E-state index is -0.709. The van der Waals surface area contributed by atoms with E-state index in [-0.39, 0.29) is 34.5 Å². The first kappa shape index (κ1) is 24.5. The van der Waals surface area contributed by atoms with E-state index in [1.165, 1.54) is 12.1 Å². The van der Waals surface area contributed by atoms with E-state index in [0.717, 1.165) is 37.3 Å². The third-order valence-electron chi connectivity index (χ3n) is 5.83. The highest BCUT2D eigenvalue weighted by Crippen LogP contribution is 2.31. The third-order valence-corrected chi connectivity index (χ3v) is 6.18. The number of ether oxygens (including phenoxy) is 1. The fourth-order valence-corrected chi connectivity index (χ4v) is 4.26. The second kappa shape index (κ2) is 10.7. The summed E-state index contributed by atoms with van der Waals surface area (Å²) < 4.78 is 5.14. The lowest BCUT2D eigenvalue weighted by Gasteiger charge is -2.26. The Balaban J connectivity index is 1.53. The van der Waals surface area contributed by atoms with E-state index in [2.05, 4.69) is 5.32 Å². The van der Waals surface area contributed by atoms with Gasteiger partial charge in [0.05, 0.1) is 17.9 Å². The van der Waals surface area contributed by atoms with Crippen molar-refractivity contribution < 1.29 is 23.9 Å². The van der Waals surface area contributed by atoms with Crippen LogP contribution >= 0.6 is 11.6 Å². The number of esters is 1. The van der Waals surface area contributed by atoms with E-state index in [9.17, 15) is 19.2 Å². The van der Waals surface area contributed by atoms with Gasteiger partial charge in [0.15, 0.2) is 0 Å². The summed E-state index contributed by atoms with van der Waals surface area (Å²) in [6.45, 7) is 3.60. The maximum Gasteiger partial charge on any atom is 0.338 e. The molecule has 182 valence electrons. The lowest BCUT2D eigenvalue weighted by Crippen LogP contribution is -2.35. The average Bonchev–Trinajstić information content (AvgIpc) is 3.10. The first-order chi connectivity index (χ1) is 16.9. The first-order valence-corrected chi connectivity index (χ1v) is 12.0. The highest BCUT2D eigenvalue weighted by Gasteiger charge is 2.39. The van der Waals surface area contributed by atoms with Gasteiger partial charge in [-0.1, -0.05) is 30.7 Å². The van der Waals surface area contributed by atoms with Crippen molar-refractivity contribution in [3.63, 3.8) is 0 Å². The van der Waals surface area contributed by atoms with Gasteiger partial charge in [-0.15, -0.1) is 0 Å². The molecule has 0 saturated carbocycles. The molecule has 3 amide bonds. The summed E-state index contributed by atoms with van der Waals surface area (Å²) in [5, 5.41) is 2.63. The Labute approximate surface area is 208 Å². The van der Waals surface area contributed by atoms with Crippen LogP contribution in [0.25, 0.3) is 0 Å². The minimum Gasteiger partial charge on any atom is -0.462 e. The summed E-state index contributed by atoms with van der Waals surface area (Å²) >= 11 is 6.25. The number of carbonyl (C=O) groups excluding carboxylic acids is 4. The summed E-state index contributed by atoms with van der Waals surface area (Å²) in [6.07, 6.45) is 3.76. The number of carbonyl (C=O) groups is 4. The van der Waals surface area contributed by atoms with Gasteiger partial charge in [0.2, 0.25) is 0 Å². The van der Waals surface area contributed by atoms with E-state index in [1.807, 2.05) is 11.8 Å². The molecule has 2 aliphatic heterocycles. The van der Waals surface area contributed by atoms with Gasteiger partial charge in [-0.3, -0.25) is 14.4 Å². The summed E-state index contributed by atoms with van der Waals surface area (Å²) in [6, 6.07) is 12.8. The summed E-state index contributed by atoms with van der Waals surface area (Å²) in [4.78, 5) is 53.8. The second-order valence-electron chi connectivity index (χ2n) is 8.38. The van der Waals surface area contributed by atoms with Crippen molar-refractivity contribution in [3.05, 3.63) is 70.4 Å². The SMILES string of the molecule is CCCOC(=O)c1cccc(N2C(=O)C(Cl)=C(Nc3cccc(C(=O)N4CCCCC4)c3)C2=O)c1. The molecule has 2 aliphatic rings. The number of imide groups is 1. The molecule has 1 saturated heterocycles. The molecule has 1 fully saturated rings. The molecule has 0 atom stereocenters. The maximum absolute atomic E-state index is 13.2. The Morgan fingerprint density at radius 2 is 1.69 bits per heavy atom. The number of likely N-dealkylation sites (tertiary alicyclic amines) is 1. The van der Waals surface area contributed by atoms with Crippen LogP contribution in [0.15, 0.2) is 59.3 Å². The lowest BCUT2D eigenvalue weighted by atomic mass is 10.1. The van der Waals surface area contributed by atoms with E-state index in [1.54, 1.807) is 36.4 Å². The molecule has 0 unspecified atom stereocenters. The van der Waals surface area contributed by atoms with Crippen LogP contribution in [0.5, 0.6) is 0 Å². The quantitative estimate of drug-likeness (QED) is 0.454. The number of piperidine rings is 1. The van der Waals surface area contributed by atoms with Crippen LogP contribution in [0.4, 0.5) is 11.4 Å². The highest BCUT2D eigenvalue weighted by atomic mass is 35.5. The number of amides is 3. The van der Waals surface area contributed by atoms with Crippen molar-refractivity contribution in [1.29, 1.82) is 0 Å². The Kier molecular flexibility index (Phi) is 7.51. The molecule has 2 aromatic rings. The standard InChI is InChI=1S/C26H26ClN3O5/c1-2-14-35-26(34)18-9-7-11-20(16-18)30-24(32)21(27)22(25(30)33)28-19-10-6-8-17(15-19)23(31)29-12-4-3-5-13-29/h6-11,15-16,28H,2-5,12-14H2,1H3. The van der Waals surface area contributed by atoms with E-state index in [4.69, 9.17) is 16.3 Å². The molecule has 2 aromatic carbocycles. The van der Waals surface area contributed by atoms with Gasteiger partial charge in [0, 0.05) is 24.3 Å². The van der Waals surface area contributed by atoms with Crippen molar-refractivity contribution in [1.82, 2.24) is 4.90 Å². The number of benzene rings is 2. The first-order valence-electron chi connectivity index (χ1n) is 11.6. The van der Waals surface area contributed by atoms with Crippen LogP contribution in [0.3, 0.4) is 0 Å². The normalized spacial score (nSPS) is 16.1. The van der Waals surface area contributed by atoms with Crippen LogP contribution in [-0.4, -0.2) is 48.3 Å². The third kappa shape index (κ3) is 5.22. The largest absolute Gasteiger partial charge is 0.462 e. The monoisotopic (exact) mass is 495 g/mol. The zero-order valence-corrected chi connectivity index (χ0v) is 20.1. The van der Waals surface area contributed by atoms with Crippen LogP contribution in [-0.2, 0) is 14.3 Å². The van der Waals surface area contributed by atoms with Gasteiger partial charge in [-0.05, 0) is 62.1 Å². The van der Waals surface area contributed by atoms with E-state index in [0.29, 0.717) is 17.7 Å². The fraction of sp³-hybridized carbons (Fsp3) is 0.308. The zero-order valence-electron chi connectivity index (χ0n) is 19.4. The number of hydrogen-bond donors (Lipinski definition) is 1. The Morgan fingerprint density at radius 1 is 0.971 bits per heavy atom. The molecular weight excluding hydrogens is 470 g/mol. The van der Waals surface area contributed by atoms with Crippen molar-refractivity contribution in [2.75, 3.05) is 29.9 Å². The number of halogens is 1. The molecule has 4 rings (SSSR count). The smallest absolute Gasteiger partial charge is 0.338 e. The van der Waals surface area contributed by atoms with Gasteiger partial charge < -0.3 is 15.0 Å². The van der Waals surface area contributed by atoms with Crippen LogP contribution in [0.2, 0.25) is 0 Å².